The SMILES string of the molecule is [CH2]C(O)(Cl)C(=O)OCCC. The monoisotopic (exact) mass is 165 g/mol. The molecule has 0 aliphatic heterocycles. The third-order valence-electron chi connectivity index (χ3n) is 0.750. The molecule has 1 N–H and O–H groups in total. The maximum Gasteiger partial charge on any atom is 0.354 e. The second-order valence-electron chi connectivity index (χ2n) is 1.90. The Morgan fingerprint density at radius 1 is 1.90 bits per heavy atom. The Kier molecular flexibility index (Phi) is 3.68. The van der Waals surface area contributed by atoms with Crippen molar-refractivity contribution < 1.29 is 14.6 Å². The zero-order chi connectivity index (χ0) is 8.20. The molecule has 1 atom stereocenters. The molecule has 4 heteroatoms. The number of ether oxygens (including phenoxy) is 1. The molecule has 1 unspecified atom stereocenters. The number of hydrogen-bond donors (Lipinski definition) is 1. The lowest BCUT2D eigenvalue weighted by atomic mass is 10.4. The fraction of sp³-hybridized carbons (Fsp3) is 0.667. The van der Waals surface area contributed by atoms with Crippen molar-refractivity contribution in [3.8, 4) is 0 Å². The van der Waals surface area contributed by atoms with E-state index < -0.39 is 11.0 Å². The summed E-state index contributed by atoms with van der Waals surface area (Å²) in [5.41, 5.74) is 0. The Labute approximate surface area is 64.9 Å². The standard InChI is InChI=1S/C6H10ClO3/c1-3-4-10-5(8)6(2,7)9/h9H,2-4H2,1H3. The number of halogens is 1. The van der Waals surface area contributed by atoms with Gasteiger partial charge in [-0.25, -0.2) is 4.79 Å². The van der Waals surface area contributed by atoms with Gasteiger partial charge in [0.2, 0.25) is 5.06 Å². The van der Waals surface area contributed by atoms with E-state index in [1.165, 1.54) is 0 Å². The van der Waals surface area contributed by atoms with E-state index in [1.807, 2.05) is 6.92 Å². The van der Waals surface area contributed by atoms with Crippen LogP contribution in [0.3, 0.4) is 0 Å². The Hall–Kier alpha value is -0.280. The number of alkyl halides is 1. The van der Waals surface area contributed by atoms with Gasteiger partial charge in [0.25, 0.3) is 0 Å². The van der Waals surface area contributed by atoms with E-state index >= 15 is 0 Å². The molecule has 0 bridgehead atoms. The summed E-state index contributed by atoms with van der Waals surface area (Å²) >= 11 is 5.09. The van der Waals surface area contributed by atoms with Crippen LogP contribution in [0, 0.1) is 6.92 Å². The Bertz CT molecular complexity index is 117. The van der Waals surface area contributed by atoms with Gasteiger partial charge in [-0.3, -0.25) is 0 Å². The van der Waals surface area contributed by atoms with Crippen LogP contribution in [0.2, 0.25) is 0 Å². The van der Waals surface area contributed by atoms with Gasteiger partial charge in [0.1, 0.15) is 0 Å². The quantitative estimate of drug-likeness (QED) is 0.495. The van der Waals surface area contributed by atoms with Gasteiger partial charge in [-0.1, -0.05) is 18.5 Å². The predicted molar refractivity (Wildman–Crippen MR) is 37.4 cm³/mol. The summed E-state index contributed by atoms with van der Waals surface area (Å²) in [6.07, 6.45) is 0.693. The molecule has 0 heterocycles. The lowest BCUT2D eigenvalue weighted by Crippen LogP contribution is -2.30. The molecule has 0 aromatic carbocycles. The van der Waals surface area contributed by atoms with Crippen molar-refractivity contribution in [1.29, 1.82) is 0 Å². The van der Waals surface area contributed by atoms with Crippen LogP contribution in [-0.2, 0) is 9.53 Å². The van der Waals surface area contributed by atoms with Crippen LogP contribution in [0.4, 0.5) is 0 Å². The van der Waals surface area contributed by atoms with E-state index in [0.29, 0.717) is 6.42 Å². The van der Waals surface area contributed by atoms with Crippen LogP contribution in [0.5, 0.6) is 0 Å². The van der Waals surface area contributed by atoms with Gasteiger partial charge < -0.3 is 9.84 Å². The molecule has 10 heavy (non-hydrogen) atoms. The van der Waals surface area contributed by atoms with Crippen molar-refractivity contribution in [3.63, 3.8) is 0 Å². The zero-order valence-electron chi connectivity index (χ0n) is 5.76. The molecule has 0 aromatic rings. The number of carbonyl (C=O) groups excluding carboxylic acids is 1. The number of hydrogen-bond acceptors (Lipinski definition) is 3. The van der Waals surface area contributed by atoms with E-state index in [9.17, 15) is 4.79 Å². The third-order valence-corrected chi connectivity index (χ3v) is 0.904. The average molecular weight is 166 g/mol. The van der Waals surface area contributed by atoms with Crippen molar-refractivity contribution in [2.75, 3.05) is 6.61 Å². The third kappa shape index (κ3) is 3.69. The average Bonchev–Trinajstić information content (AvgIpc) is 1.80. The fourth-order valence-electron chi connectivity index (χ4n) is 0.305. The second-order valence-corrected chi connectivity index (χ2v) is 2.52. The van der Waals surface area contributed by atoms with Crippen molar-refractivity contribution in [2.24, 2.45) is 0 Å². The number of rotatable bonds is 3. The Morgan fingerprint density at radius 3 is 2.70 bits per heavy atom. The molecule has 3 nitrogen and oxygen atoms in total. The van der Waals surface area contributed by atoms with Crippen LogP contribution < -0.4 is 0 Å². The normalized spacial score (nSPS) is 16.0. The highest BCUT2D eigenvalue weighted by Crippen LogP contribution is 2.10. The molecule has 0 spiro atoms. The molecule has 0 saturated heterocycles. The van der Waals surface area contributed by atoms with Gasteiger partial charge in [0.15, 0.2) is 0 Å². The first-order valence-corrected chi connectivity index (χ1v) is 3.30. The molecule has 0 fully saturated rings. The molecule has 0 aromatic heterocycles. The van der Waals surface area contributed by atoms with Gasteiger partial charge in [-0.15, -0.1) is 0 Å². The summed E-state index contributed by atoms with van der Waals surface area (Å²) in [4.78, 5) is 10.6. The van der Waals surface area contributed by atoms with E-state index in [-0.39, 0.29) is 6.61 Å². The minimum absolute atomic E-state index is 0.253. The molecule has 0 rings (SSSR count). The first-order valence-electron chi connectivity index (χ1n) is 2.92. The van der Waals surface area contributed by atoms with E-state index in [0.717, 1.165) is 0 Å². The van der Waals surface area contributed by atoms with Crippen molar-refractivity contribution in [3.05, 3.63) is 6.92 Å². The summed E-state index contributed by atoms with van der Waals surface area (Å²) in [5.74, 6) is -0.906. The second kappa shape index (κ2) is 3.78. The van der Waals surface area contributed by atoms with Crippen LogP contribution in [0.25, 0.3) is 0 Å². The number of aliphatic hydroxyl groups is 1. The Morgan fingerprint density at radius 2 is 2.40 bits per heavy atom. The van der Waals surface area contributed by atoms with Crippen molar-refractivity contribution in [1.82, 2.24) is 0 Å². The van der Waals surface area contributed by atoms with Crippen molar-refractivity contribution >= 4 is 17.6 Å². The molecule has 0 aliphatic rings. The minimum Gasteiger partial charge on any atom is -0.463 e. The topological polar surface area (TPSA) is 46.5 Å². The van der Waals surface area contributed by atoms with Gasteiger partial charge in [-0.05, 0) is 6.42 Å². The van der Waals surface area contributed by atoms with Crippen LogP contribution in [0.15, 0.2) is 0 Å². The maximum absolute atomic E-state index is 10.6. The van der Waals surface area contributed by atoms with E-state index in [1.54, 1.807) is 0 Å². The molecule has 59 valence electrons. The first kappa shape index (κ1) is 9.72. The van der Waals surface area contributed by atoms with Crippen LogP contribution in [0.1, 0.15) is 13.3 Å². The van der Waals surface area contributed by atoms with E-state index in [2.05, 4.69) is 11.7 Å². The summed E-state index contributed by atoms with van der Waals surface area (Å²) in [6.45, 7) is 5.06. The summed E-state index contributed by atoms with van der Waals surface area (Å²) in [6, 6.07) is 0. The first-order chi connectivity index (χ1) is 4.48. The van der Waals surface area contributed by atoms with Gasteiger partial charge >= 0.3 is 5.97 Å². The lowest BCUT2D eigenvalue weighted by Gasteiger charge is -2.11. The van der Waals surface area contributed by atoms with E-state index in [4.69, 9.17) is 16.7 Å². The van der Waals surface area contributed by atoms with Gasteiger partial charge in [-0.2, -0.15) is 0 Å². The molecule has 0 amide bonds. The summed E-state index contributed by atoms with van der Waals surface area (Å²) in [7, 11) is 0. The highest BCUT2D eigenvalue weighted by molar-refractivity contribution is 6.33. The molecular weight excluding hydrogens is 156 g/mol. The minimum atomic E-state index is -2.13. The summed E-state index contributed by atoms with van der Waals surface area (Å²) < 4.78 is 4.47. The fourth-order valence-corrected chi connectivity index (χ4v) is 0.360. The lowest BCUT2D eigenvalue weighted by molar-refractivity contribution is -0.154. The van der Waals surface area contributed by atoms with Gasteiger partial charge in [0.05, 0.1) is 6.61 Å². The predicted octanol–water partition coefficient (Wildman–Crippen LogP) is 0.701. The Balaban J connectivity index is 3.64. The molecule has 0 aliphatic carbocycles. The largest absolute Gasteiger partial charge is 0.463 e. The molecular formula is C6H10ClO3. The summed E-state index contributed by atoms with van der Waals surface area (Å²) in [5, 5.41) is 6.56. The van der Waals surface area contributed by atoms with Crippen molar-refractivity contribution in [2.45, 2.75) is 18.4 Å². The number of esters is 1. The van der Waals surface area contributed by atoms with Crippen LogP contribution in [-0.4, -0.2) is 22.7 Å². The zero-order valence-corrected chi connectivity index (χ0v) is 6.52. The van der Waals surface area contributed by atoms with Gasteiger partial charge in [0, 0.05) is 6.92 Å². The maximum atomic E-state index is 10.6. The highest BCUT2D eigenvalue weighted by Gasteiger charge is 2.28. The molecule has 0 saturated carbocycles. The smallest absolute Gasteiger partial charge is 0.354 e. The van der Waals surface area contributed by atoms with Crippen LogP contribution >= 0.6 is 11.6 Å². The number of carbonyl (C=O) groups is 1. The highest BCUT2D eigenvalue weighted by atomic mass is 35.5. The molecule has 1 radical (unpaired) electrons.